The van der Waals surface area contributed by atoms with E-state index in [0.717, 1.165) is 49.6 Å². The van der Waals surface area contributed by atoms with Crippen molar-refractivity contribution in [3.8, 4) is 5.75 Å². The summed E-state index contributed by atoms with van der Waals surface area (Å²) < 4.78 is 11.5. The lowest BCUT2D eigenvalue weighted by Crippen LogP contribution is -2.41. The van der Waals surface area contributed by atoms with Gasteiger partial charge >= 0.3 is 0 Å². The highest BCUT2D eigenvalue weighted by Gasteiger charge is 2.41. The number of nitrogens with one attached hydrogen (secondary N) is 1. The summed E-state index contributed by atoms with van der Waals surface area (Å²) in [7, 11) is 1.69. The molecule has 0 unspecified atom stereocenters. The summed E-state index contributed by atoms with van der Waals surface area (Å²) in [5, 5.41) is 9.86. The molecule has 2 aliphatic rings. The van der Waals surface area contributed by atoms with Crippen LogP contribution in [0.3, 0.4) is 0 Å². The standard InChI is InChI=1S/C22H27N3O3.CH2O2/c1-15-19(7-4-9-23-15)24-22(26)20-12-17-8-10-25(14-21(17)28-20)13-16-5-3-6-18(11-16)27-2;2-1-3/h3-7,9,11,17,20-21H,8,10,12-14H2,1-2H3,(H,24,26);1H,(H,2,3)/t17-,20+,21+;/m0./s1. The van der Waals surface area contributed by atoms with Gasteiger partial charge in [0, 0.05) is 19.3 Å². The number of rotatable bonds is 5. The number of hydrogen-bond donors (Lipinski definition) is 2. The molecule has 4 rings (SSSR count). The van der Waals surface area contributed by atoms with Crippen LogP contribution < -0.4 is 10.1 Å². The van der Waals surface area contributed by atoms with Gasteiger partial charge in [0.05, 0.1) is 24.6 Å². The van der Waals surface area contributed by atoms with E-state index in [4.69, 9.17) is 19.4 Å². The van der Waals surface area contributed by atoms with E-state index in [1.165, 1.54) is 5.56 Å². The first-order valence-corrected chi connectivity index (χ1v) is 10.3. The van der Waals surface area contributed by atoms with Crippen LogP contribution in [-0.4, -0.2) is 59.8 Å². The first-order chi connectivity index (χ1) is 15.0. The van der Waals surface area contributed by atoms with Gasteiger partial charge in [0.15, 0.2) is 0 Å². The molecule has 3 atom stereocenters. The first-order valence-electron chi connectivity index (χ1n) is 10.3. The van der Waals surface area contributed by atoms with Crippen LogP contribution in [-0.2, 0) is 20.9 Å². The highest BCUT2D eigenvalue weighted by molar-refractivity contribution is 5.94. The zero-order valence-corrected chi connectivity index (χ0v) is 17.9. The monoisotopic (exact) mass is 427 g/mol. The zero-order valence-electron chi connectivity index (χ0n) is 17.9. The number of pyridine rings is 1. The Kier molecular flexibility index (Phi) is 7.97. The molecule has 2 N–H and O–H groups in total. The predicted octanol–water partition coefficient (Wildman–Crippen LogP) is 2.72. The number of likely N-dealkylation sites (tertiary alicyclic amines) is 1. The van der Waals surface area contributed by atoms with Crippen molar-refractivity contribution >= 4 is 18.1 Å². The Bertz CT molecular complexity index is 891. The van der Waals surface area contributed by atoms with Crippen LogP contribution in [0, 0.1) is 12.8 Å². The number of benzene rings is 1. The van der Waals surface area contributed by atoms with Gasteiger partial charge in [0.25, 0.3) is 12.4 Å². The molecule has 3 heterocycles. The molecule has 8 heteroatoms. The van der Waals surface area contributed by atoms with Crippen LogP contribution in [0.15, 0.2) is 42.6 Å². The Labute approximate surface area is 182 Å². The number of carboxylic acid groups (broad SMARTS) is 1. The first kappa shape index (κ1) is 22.7. The van der Waals surface area contributed by atoms with Crippen molar-refractivity contribution in [3.05, 3.63) is 53.9 Å². The van der Waals surface area contributed by atoms with Crippen molar-refractivity contribution in [1.29, 1.82) is 0 Å². The third kappa shape index (κ3) is 6.02. The molecule has 2 aromatic rings. The number of ether oxygens (including phenoxy) is 2. The van der Waals surface area contributed by atoms with Crippen LogP contribution in [0.1, 0.15) is 24.1 Å². The van der Waals surface area contributed by atoms with Gasteiger partial charge in [-0.25, -0.2) is 0 Å². The number of aryl methyl sites for hydroxylation is 1. The topological polar surface area (TPSA) is 101 Å². The molecule has 8 nitrogen and oxygen atoms in total. The number of anilines is 1. The average Bonchev–Trinajstić information content (AvgIpc) is 3.20. The van der Waals surface area contributed by atoms with Gasteiger partial charge in [0.1, 0.15) is 11.9 Å². The largest absolute Gasteiger partial charge is 0.497 e. The molecule has 0 aliphatic carbocycles. The van der Waals surface area contributed by atoms with Gasteiger partial charge in [-0.15, -0.1) is 0 Å². The van der Waals surface area contributed by atoms with Crippen molar-refractivity contribution < 1.29 is 24.2 Å². The number of carbonyl (C=O) groups is 2. The van der Waals surface area contributed by atoms with Crippen molar-refractivity contribution in [2.45, 2.75) is 38.5 Å². The van der Waals surface area contributed by atoms with Crippen LogP contribution in [0.5, 0.6) is 5.75 Å². The average molecular weight is 428 g/mol. The second-order valence-corrected chi connectivity index (χ2v) is 7.77. The van der Waals surface area contributed by atoms with E-state index in [1.54, 1.807) is 13.3 Å². The van der Waals surface area contributed by atoms with Gasteiger partial charge in [-0.05, 0) is 62.1 Å². The highest BCUT2D eigenvalue weighted by atomic mass is 16.5. The van der Waals surface area contributed by atoms with E-state index in [1.807, 2.05) is 31.2 Å². The molecule has 0 saturated carbocycles. The van der Waals surface area contributed by atoms with E-state index in [-0.39, 0.29) is 24.6 Å². The SMILES string of the molecule is COc1cccc(CN2CC[C@H]3C[C@H](C(=O)Nc4cccnc4C)O[C@@H]3C2)c1.O=CO. The quantitative estimate of drug-likeness (QED) is 0.708. The summed E-state index contributed by atoms with van der Waals surface area (Å²) in [4.78, 5) is 27.6. The van der Waals surface area contributed by atoms with Crippen molar-refractivity contribution in [2.75, 3.05) is 25.5 Å². The second kappa shape index (κ2) is 10.9. The third-order valence-electron chi connectivity index (χ3n) is 5.73. The molecule has 0 spiro atoms. The minimum absolute atomic E-state index is 0.0650. The predicted molar refractivity (Wildman–Crippen MR) is 116 cm³/mol. The number of hydrogen-bond acceptors (Lipinski definition) is 6. The molecule has 0 radical (unpaired) electrons. The van der Waals surface area contributed by atoms with Gasteiger partial charge in [0.2, 0.25) is 0 Å². The van der Waals surface area contributed by atoms with Crippen LogP contribution in [0.4, 0.5) is 5.69 Å². The Hall–Kier alpha value is -2.97. The molecular weight excluding hydrogens is 398 g/mol. The normalized spacial score (nSPS) is 22.6. The summed E-state index contributed by atoms with van der Waals surface area (Å²) in [6.45, 7) is 4.40. The zero-order chi connectivity index (χ0) is 22.2. The fourth-order valence-corrected chi connectivity index (χ4v) is 4.17. The van der Waals surface area contributed by atoms with E-state index < -0.39 is 0 Å². The smallest absolute Gasteiger partial charge is 0.290 e. The fraction of sp³-hybridized carbons (Fsp3) is 0.435. The number of aromatic nitrogens is 1. The number of fused-ring (bicyclic) bond motifs is 1. The third-order valence-corrected chi connectivity index (χ3v) is 5.73. The summed E-state index contributed by atoms with van der Waals surface area (Å²) in [5.74, 6) is 1.27. The van der Waals surface area contributed by atoms with E-state index in [2.05, 4.69) is 27.3 Å². The maximum Gasteiger partial charge on any atom is 0.290 e. The highest BCUT2D eigenvalue weighted by Crippen LogP contribution is 2.34. The molecule has 2 aliphatic heterocycles. The van der Waals surface area contributed by atoms with Gasteiger partial charge in [-0.2, -0.15) is 0 Å². The molecule has 0 bridgehead atoms. The lowest BCUT2D eigenvalue weighted by molar-refractivity contribution is -0.127. The minimum Gasteiger partial charge on any atom is -0.497 e. The summed E-state index contributed by atoms with van der Waals surface area (Å²) in [6, 6.07) is 11.9. The molecule has 31 heavy (non-hydrogen) atoms. The molecular formula is C23H29N3O5. The number of carbonyl (C=O) groups excluding carboxylic acids is 1. The van der Waals surface area contributed by atoms with E-state index in [0.29, 0.717) is 5.92 Å². The summed E-state index contributed by atoms with van der Waals surface area (Å²) in [6.07, 6.45) is 3.31. The molecule has 1 aromatic heterocycles. The molecule has 1 amide bonds. The Morgan fingerprint density at radius 2 is 2.19 bits per heavy atom. The number of nitrogens with zero attached hydrogens (tertiary/aromatic N) is 2. The number of piperidine rings is 1. The number of amides is 1. The minimum atomic E-state index is -0.383. The van der Waals surface area contributed by atoms with Crippen molar-refractivity contribution in [3.63, 3.8) is 0 Å². The van der Waals surface area contributed by atoms with Crippen molar-refractivity contribution in [2.24, 2.45) is 5.92 Å². The maximum atomic E-state index is 12.7. The Balaban J connectivity index is 0.000000858. The summed E-state index contributed by atoms with van der Waals surface area (Å²) in [5.41, 5.74) is 2.80. The lowest BCUT2D eigenvalue weighted by Gasteiger charge is -2.34. The lowest BCUT2D eigenvalue weighted by atomic mass is 9.91. The van der Waals surface area contributed by atoms with Crippen LogP contribution in [0.2, 0.25) is 0 Å². The van der Waals surface area contributed by atoms with Gasteiger partial charge in [-0.3, -0.25) is 19.5 Å². The van der Waals surface area contributed by atoms with Crippen molar-refractivity contribution in [1.82, 2.24) is 9.88 Å². The second-order valence-electron chi connectivity index (χ2n) is 7.77. The van der Waals surface area contributed by atoms with E-state index in [9.17, 15) is 4.79 Å². The van der Waals surface area contributed by atoms with Gasteiger partial charge in [-0.1, -0.05) is 12.1 Å². The van der Waals surface area contributed by atoms with Gasteiger partial charge < -0.3 is 19.9 Å². The van der Waals surface area contributed by atoms with E-state index >= 15 is 0 Å². The van der Waals surface area contributed by atoms with Crippen LogP contribution in [0.25, 0.3) is 0 Å². The summed E-state index contributed by atoms with van der Waals surface area (Å²) >= 11 is 0. The maximum absolute atomic E-state index is 12.7. The Morgan fingerprint density at radius 1 is 1.39 bits per heavy atom. The molecule has 166 valence electrons. The molecule has 1 aromatic carbocycles. The number of methoxy groups -OCH3 is 1. The fourth-order valence-electron chi connectivity index (χ4n) is 4.17. The Morgan fingerprint density at radius 3 is 2.94 bits per heavy atom. The molecule has 2 fully saturated rings. The van der Waals surface area contributed by atoms with Crippen LogP contribution >= 0.6 is 0 Å². The molecule has 2 saturated heterocycles.